The topological polar surface area (TPSA) is 76.6 Å². The standard InChI is InChI=1S/C23H18N6OS/c1-16-22(28-12-6-5-11-20(28)25-16)23(30)26-24-14-17-15-29(18-8-3-2-4-9-18)27-21(17)19-10-7-13-31-19/h2-15H,1H3,(H,26,30)/b24-14+. The number of nitrogens with zero attached hydrogens (tertiary/aromatic N) is 5. The minimum Gasteiger partial charge on any atom is -0.295 e. The van der Waals surface area contributed by atoms with E-state index in [1.54, 1.807) is 22.0 Å². The maximum atomic E-state index is 12.8. The number of carbonyl (C=O) groups excluding carboxylic acids is 1. The zero-order valence-electron chi connectivity index (χ0n) is 16.6. The molecule has 0 radical (unpaired) electrons. The minimum absolute atomic E-state index is 0.319. The molecular formula is C23H18N6OS. The van der Waals surface area contributed by atoms with Gasteiger partial charge >= 0.3 is 0 Å². The van der Waals surface area contributed by atoms with Crippen LogP contribution in [-0.2, 0) is 0 Å². The van der Waals surface area contributed by atoms with E-state index in [0.29, 0.717) is 11.4 Å². The molecule has 1 N–H and O–H groups in total. The lowest BCUT2D eigenvalue weighted by atomic mass is 10.2. The molecule has 0 aliphatic heterocycles. The average molecular weight is 427 g/mol. The highest BCUT2D eigenvalue weighted by molar-refractivity contribution is 7.13. The summed E-state index contributed by atoms with van der Waals surface area (Å²) >= 11 is 1.60. The second-order valence-electron chi connectivity index (χ2n) is 6.86. The Morgan fingerprint density at radius 1 is 1.10 bits per heavy atom. The van der Waals surface area contributed by atoms with E-state index in [1.165, 1.54) is 0 Å². The van der Waals surface area contributed by atoms with Crippen molar-refractivity contribution in [3.05, 3.63) is 95.4 Å². The van der Waals surface area contributed by atoms with Crippen LogP contribution in [-0.4, -0.2) is 31.3 Å². The summed E-state index contributed by atoms with van der Waals surface area (Å²) in [5.41, 5.74) is 7.02. The van der Waals surface area contributed by atoms with Gasteiger partial charge in [0.2, 0.25) is 0 Å². The number of hydrogen-bond donors (Lipinski definition) is 1. The van der Waals surface area contributed by atoms with Gasteiger partial charge in [-0.15, -0.1) is 11.3 Å². The van der Waals surface area contributed by atoms with Crippen molar-refractivity contribution in [3.63, 3.8) is 0 Å². The van der Waals surface area contributed by atoms with E-state index in [9.17, 15) is 4.79 Å². The molecule has 8 heteroatoms. The van der Waals surface area contributed by atoms with E-state index in [2.05, 4.69) is 15.5 Å². The number of benzene rings is 1. The predicted octanol–water partition coefficient (Wildman–Crippen LogP) is 4.32. The fourth-order valence-electron chi connectivity index (χ4n) is 3.40. The van der Waals surface area contributed by atoms with Crippen molar-refractivity contribution in [1.82, 2.24) is 24.6 Å². The molecule has 5 rings (SSSR count). The normalized spacial score (nSPS) is 11.4. The van der Waals surface area contributed by atoms with Gasteiger partial charge in [-0.3, -0.25) is 9.20 Å². The average Bonchev–Trinajstić information content (AvgIpc) is 3.52. The SMILES string of the molecule is Cc1nc2ccccn2c1C(=O)N/N=C/c1cn(-c2ccccc2)nc1-c1cccs1. The first-order chi connectivity index (χ1) is 15.2. The van der Waals surface area contributed by atoms with Crippen LogP contribution in [0.5, 0.6) is 0 Å². The number of aryl methyl sites for hydroxylation is 1. The van der Waals surface area contributed by atoms with E-state index in [-0.39, 0.29) is 5.91 Å². The lowest BCUT2D eigenvalue weighted by Crippen LogP contribution is -2.20. The monoisotopic (exact) mass is 426 g/mol. The molecule has 4 heterocycles. The van der Waals surface area contributed by atoms with Gasteiger partial charge in [-0.1, -0.05) is 30.3 Å². The van der Waals surface area contributed by atoms with Crippen LogP contribution in [0, 0.1) is 6.92 Å². The number of hydrazone groups is 1. The Hall–Kier alpha value is -4.04. The number of carbonyl (C=O) groups is 1. The van der Waals surface area contributed by atoms with Gasteiger partial charge in [0, 0.05) is 18.0 Å². The number of amides is 1. The van der Waals surface area contributed by atoms with Crippen molar-refractivity contribution in [3.8, 4) is 16.3 Å². The number of imidazole rings is 1. The molecule has 0 aliphatic rings. The van der Waals surface area contributed by atoms with Gasteiger partial charge < -0.3 is 0 Å². The van der Waals surface area contributed by atoms with Gasteiger partial charge in [0.25, 0.3) is 5.91 Å². The van der Waals surface area contributed by atoms with Crippen LogP contribution >= 0.6 is 11.3 Å². The number of hydrogen-bond acceptors (Lipinski definition) is 5. The molecule has 0 bridgehead atoms. The summed E-state index contributed by atoms with van der Waals surface area (Å²) in [6.45, 7) is 1.81. The lowest BCUT2D eigenvalue weighted by Gasteiger charge is -2.01. The van der Waals surface area contributed by atoms with Crippen LogP contribution in [0.15, 0.2) is 83.5 Å². The fourth-order valence-corrected chi connectivity index (χ4v) is 4.13. The number of pyridine rings is 1. The molecule has 1 aromatic carbocycles. The van der Waals surface area contributed by atoms with E-state index < -0.39 is 0 Å². The number of rotatable bonds is 5. The summed E-state index contributed by atoms with van der Waals surface area (Å²) in [7, 11) is 0. The third kappa shape index (κ3) is 3.64. The van der Waals surface area contributed by atoms with Gasteiger partial charge in [0.1, 0.15) is 17.0 Å². The molecular weight excluding hydrogens is 408 g/mol. The number of nitrogens with one attached hydrogen (secondary N) is 1. The first kappa shape index (κ1) is 19.0. The second kappa shape index (κ2) is 8.00. The van der Waals surface area contributed by atoms with Gasteiger partial charge in [0.05, 0.1) is 22.5 Å². The van der Waals surface area contributed by atoms with Gasteiger partial charge in [-0.2, -0.15) is 10.2 Å². The molecule has 31 heavy (non-hydrogen) atoms. The molecule has 0 spiro atoms. The highest BCUT2D eigenvalue weighted by Gasteiger charge is 2.16. The molecule has 7 nitrogen and oxygen atoms in total. The Morgan fingerprint density at radius 3 is 2.74 bits per heavy atom. The molecule has 0 saturated carbocycles. The van der Waals surface area contributed by atoms with Gasteiger partial charge in [-0.05, 0) is 42.6 Å². The van der Waals surface area contributed by atoms with E-state index in [0.717, 1.165) is 27.5 Å². The van der Waals surface area contributed by atoms with Crippen LogP contribution < -0.4 is 5.43 Å². The summed E-state index contributed by atoms with van der Waals surface area (Å²) < 4.78 is 3.57. The number of fused-ring (bicyclic) bond motifs is 1. The molecule has 5 aromatic rings. The molecule has 0 saturated heterocycles. The van der Waals surface area contributed by atoms with Gasteiger partial charge in [-0.25, -0.2) is 15.1 Å². The predicted molar refractivity (Wildman–Crippen MR) is 122 cm³/mol. The first-order valence-corrected chi connectivity index (χ1v) is 10.5. The highest BCUT2D eigenvalue weighted by atomic mass is 32.1. The van der Waals surface area contributed by atoms with Crippen molar-refractivity contribution in [2.24, 2.45) is 5.10 Å². The Labute approximate surface area is 182 Å². The summed E-state index contributed by atoms with van der Waals surface area (Å²) in [6.07, 6.45) is 5.34. The van der Waals surface area contributed by atoms with Crippen molar-refractivity contribution >= 4 is 29.1 Å². The van der Waals surface area contributed by atoms with Crippen LogP contribution in [0.1, 0.15) is 21.7 Å². The maximum absolute atomic E-state index is 12.8. The van der Waals surface area contributed by atoms with Crippen LogP contribution in [0.4, 0.5) is 0 Å². The molecule has 0 fully saturated rings. The number of para-hydroxylation sites is 1. The summed E-state index contributed by atoms with van der Waals surface area (Å²) in [5, 5.41) is 11.0. The maximum Gasteiger partial charge on any atom is 0.290 e. The zero-order valence-corrected chi connectivity index (χ0v) is 17.5. The minimum atomic E-state index is -0.319. The van der Waals surface area contributed by atoms with Crippen molar-refractivity contribution < 1.29 is 4.79 Å². The third-order valence-electron chi connectivity index (χ3n) is 4.81. The third-order valence-corrected chi connectivity index (χ3v) is 5.68. The summed E-state index contributed by atoms with van der Waals surface area (Å²) in [6, 6.07) is 19.5. The molecule has 0 atom stereocenters. The molecule has 4 aromatic heterocycles. The Morgan fingerprint density at radius 2 is 1.94 bits per heavy atom. The summed E-state index contributed by atoms with van der Waals surface area (Å²) in [4.78, 5) is 18.2. The molecule has 0 aliphatic carbocycles. The second-order valence-corrected chi connectivity index (χ2v) is 7.81. The highest BCUT2D eigenvalue weighted by Crippen LogP contribution is 2.26. The number of aromatic nitrogens is 4. The van der Waals surface area contributed by atoms with Crippen molar-refractivity contribution in [2.45, 2.75) is 6.92 Å². The van der Waals surface area contributed by atoms with Crippen LogP contribution in [0.2, 0.25) is 0 Å². The summed E-state index contributed by atoms with van der Waals surface area (Å²) in [5.74, 6) is -0.319. The van der Waals surface area contributed by atoms with Gasteiger partial charge in [0.15, 0.2) is 0 Å². The van der Waals surface area contributed by atoms with Crippen molar-refractivity contribution in [2.75, 3.05) is 0 Å². The molecule has 152 valence electrons. The largest absolute Gasteiger partial charge is 0.295 e. The zero-order chi connectivity index (χ0) is 21.2. The fraction of sp³-hybridized carbons (Fsp3) is 0.0435. The molecule has 1 amide bonds. The Kier molecular flexibility index (Phi) is 4.89. The first-order valence-electron chi connectivity index (χ1n) is 9.67. The number of thiophene rings is 1. The van der Waals surface area contributed by atoms with E-state index >= 15 is 0 Å². The Balaban J connectivity index is 1.44. The van der Waals surface area contributed by atoms with Crippen LogP contribution in [0.3, 0.4) is 0 Å². The lowest BCUT2D eigenvalue weighted by molar-refractivity contribution is 0.0948. The van der Waals surface area contributed by atoms with E-state index in [4.69, 9.17) is 5.10 Å². The van der Waals surface area contributed by atoms with E-state index in [1.807, 2.05) is 90.0 Å². The van der Waals surface area contributed by atoms with Crippen molar-refractivity contribution in [1.29, 1.82) is 0 Å². The Bertz CT molecular complexity index is 1380. The van der Waals surface area contributed by atoms with Crippen LogP contribution in [0.25, 0.3) is 21.9 Å². The molecule has 0 unspecified atom stereocenters. The smallest absolute Gasteiger partial charge is 0.290 e. The quantitative estimate of drug-likeness (QED) is 0.336.